The first-order valence-electron chi connectivity index (χ1n) is 11.0. The van der Waals surface area contributed by atoms with Crippen molar-refractivity contribution in [1.82, 2.24) is 14.2 Å². The number of fused-ring (bicyclic) bond motifs is 1. The zero-order chi connectivity index (χ0) is 23.2. The summed E-state index contributed by atoms with van der Waals surface area (Å²) in [5, 5.41) is 1.01. The van der Waals surface area contributed by atoms with Gasteiger partial charge < -0.3 is 9.80 Å². The molecule has 0 saturated carbocycles. The van der Waals surface area contributed by atoms with Crippen molar-refractivity contribution < 1.29 is 13.2 Å². The van der Waals surface area contributed by atoms with E-state index in [0.717, 1.165) is 35.1 Å². The molecule has 5 rings (SSSR count). The van der Waals surface area contributed by atoms with Crippen LogP contribution in [0.3, 0.4) is 0 Å². The molecule has 0 unspecified atom stereocenters. The molecule has 0 atom stereocenters. The minimum atomic E-state index is -3.54. The van der Waals surface area contributed by atoms with E-state index in [4.69, 9.17) is 16.6 Å². The van der Waals surface area contributed by atoms with Crippen LogP contribution in [0.15, 0.2) is 34.5 Å². The maximum absolute atomic E-state index is 13.1. The molecule has 0 aliphatic carbocycles. The lowest BCUT2D eigenvalue weighted by Crippen LogP contribution is -2.52. The zero-order valence-electron chi connectivity index (χ0n) is 18.2. The summed E-state index contributed by atoms with van der Waals surface area (Å²) in [4.78, 5) is 22.1. The average molecular weight is 525 g/mol. The summed E-state index contributed by atoms with van der Waals surface area (Å²) in [5.74, 6) is 0.0196. The van der Waals surface area contributed by atoms with Crippen LogP contribution in [-0.4, -0.2) is 67.8 Å². The number of aromatic nitrogens is 1. The number of amides is 1. The van der Waals surface area contributed by atoms with Crippen molar-refractivity contribution in [3.8, 4) is 0 Å². The topological polar surface area (TPSA) is 73.8 Å². The maximum Gasteiger partial charge on any atom is 0.252 e. The Bertz CT molecular complexity index is 1270. The van der Waals surface area contributed by atoms with Crippen molar-refractivity contribution in [2.75, 3.05) is 44.2 Å². The van der Waals surface area contributed by atoms with Crippen LogP contribution < -0.4 is 4.90 Å². The predicted molar refractivity (Wildman–Crippen MR) is 134 cm³/mol. The molecule has 0 spiro atoms. The number of carbonyl (C=O) groups excluding carboxylic acids is 1. The summed E-state index contributed by atoms with van der Waals surface area (Å²) in [5.41, 5.74) is 2.25. The summed E-state index contributed by atoms with van der Waals surface area (Å²) in [6.45, 7) is 5.66. The van der Waals surface area contributed by atoms with E-state index in [9.17, 15) is 13.2 Å². The van der Waals surface area contributed by atoms with E-state index in [1.807, 2.05) is 4.90 Å². The van der Waals surface area contributed by atoms with Crippen LogP contribution in [0.2, 0.25) is 4.34 Å². The number of carbonyl (C=O) groups is 1. The van der Waals surface area contributed by atoms with E-state index >= 15 is 0 Å². The quantitative estimate of drug-likeness (QED) is 0.514. The van der Waals surface area contributed by atoms with Crippen LogP contribution >= 0.6 is 34.3 Å². The monoisotopic (exact) mass is 524 g/mol. The van der Waals surface area contributed by atoms with E-state index < -0.39 is 10.0 Å². The number of thiazole rings is 1. The SMILES string of the molecule is Cc1ccc2nc(N3CCN(C(=O)C4CCN(S(=O)(=O)c5ccc(Cl)s5)CC4)CC3)sc2c1. The van der Waals surface area contributed by atoms with Crippen molar-refractivity contribution in [1.29, 1.82) is 0 Å². The summed E-state index contributed by atoms with van der Waals surface area (Å²) in [6, 6.07) is 9.45. The third kappa shape index (κ3) is 4.64. The molecule has 2 fully saturated rings. The third-order valence-corrected chi connectivity index (χ3v) is 11.0. The fourth-order valence-electron chi connectivity index (χ4n) is 4.44. The number of piperidine rings is 1. The number of aryl methyl sites for hydroxylation is 1. The molecule has 2 saturated heterocycles. The predicted octanol–water partition coefficient (Wildman–Crippen LogP) is 4.07. The molecule has 4 heterocycles. The Morgan fingerprint density at radius 2 is 1.76 bits per heavy atom. The highest BCUT2D eigenvalue weighted by Crippen LogP contribution is 2.32. The van der Waals surface area contributed by atoms with Crippen LogP contribution in [0.25, 0.3) is 10.2 Å². The van der Waals surface area contributed by atoms with Gasteiger partial charge in [0.05, 0.1) is 14.6 Å². The van der Waals surface area contributed by atoms with Gasteiger partial charge >= 0.3 is 0 Å². The fraction of sp³-hybridized carbons (Fsp3) is 0.455. The largest absolute Gasteiger partial charge is 0.345 e. The molecule has 2 aliphatic heterocycles. The van der Waals surface area contributed by atoms with Crippen LogP contribution in [0.4, 0.5) is 5.13 Å². The Morgan fingerprint density at radius 1 is 1.03 bits per heavy atom. The molecule has 0 bridgehead atoms. The highest BCUT2D eigenvalue weighted by molar-refractivity contribution is 7.91. The number of anilines is 1. The lowest BCUT2D eigenvalue weighted by atomic mass is 9.96. The molecule has 0 radical (unpaired) electrons. The van der Waals surface area contributed by atoms with Crippen molar-refractivity contribution in [2.45, 2.75) is 24.0 Å². The Labute approximate surface area is 206 Å². The highest BCUT2D eigenvalue weighted by atomic mass is 35.5. The summed E-state index contributed by atoms with van der Waals surface area (Å²) >= 11 is 8.68. The first kappa shape index (κ1) is 23.0. The summed E-state index contributed by atoms with van der Waals surface area (Å²) < 4.78 is 29.0. The second kappa shape index (κ2) is 9.14. The van der Waals surface area contributed by atoms with E-state index in [2.05, 4.69) is 30.0 Å². The van der Waals surface area contributed by atoms with Gasteiger partial charge in [-0.1, -0.05) is 29.0 Å². The van der Waals surface area contributed by atoms with Crippen LogP contribution in [0.5, 0.6) is 0 Å². The van der Waals surface area contributed by atoms with E-state index in [1.165, 1.54) is 14.6 Å². The highest BCUT2D eigenvalue weighted by Gasteiger charge is 2.35. The van der Waals surface area contributed by atoms with Gasteiger partial charge in [0, 0.05) is 45.2 Å². The van der Waals surface area contributed by atoms with Crippen molar-refractivity contribution in [3.05, 3.63) is 40.2 Å². The van der Waals surface area contributed by atoms with Gasteiger partial charge in [-0.25, -0.2) is 13.4 Å². The number of hydrogen-bond acceptors (Lipinski definition) is 7. The minimum absolute atomic E-state index is 0.125. The van der Waals surface area contributed by atoms with Gasteiger partial charge in [0.2, 0.25) is 5.91 Å². The molecule has 11 heteroatoms. The van der Waals surface area contributed by atoms with Gasteiger partial charge in [-0.3, -0.25) is 4.79 Å². The van der Waals surface area contributed by atoms with E-state index in [0.29, 0.717) is 43.4 Å². The Hall–Kier alpha value is -1.72. The number of sulfonamides is 1. The standard InChI is InChI=1S/C22H25ClN4O3S3/c1-15-2-3-17-18(14-15)31-22(24-17)26-12-10-25(11-13-26)21(28)16-6-8-27(9-7-16)33(29,30)20-5-4-19(23)32-20/h2-5,14,16H,6-13H2,1H3. The molecule has 7 nitrogen and oxygen atoms in total. The Morgan fingerprint density at radius 3 is 2.42 bits per heavy atom. The van der Waals surface area contributed by atoms with E-state index in [1.54, 1.807) is 23.5 Å². The number of benzene rings is 1. The van der Waals surface area contributed by atoms with Crippen LogP contribution in [-0.2, 0) is 14.8 Å². The summed E-state index contributed by atoms with van der Waals surface area (Å²) in [7, 11) is -3.54. The van der Waals surface area contributed by atoms with E-state index in [-0.39, 0.29) is 16.0 Å². The lowest BCUT2D eigenvalue weighted by Gasteiger charge is -2.38. The molecule has 2 aromatic heterocycles. The molecule has 176 valence electrons. The maximum atomic E-state index is 13.1. The smallest absolute Gasteiger partial charge is 0.252 e. The Balaban J connectivity index is 1.16. The van der Waals surface area contributed by atoms with Crippen molar-refractivity contribution in [3.63, 3.8) is 0 Å². The molecule has 3 aromatic rings. The molecule has 2 aliphatic rings. The number of nitrogens with zero attached hydrogens (tertiary/aromatic N) is 4. The van der Waals surface area contributed by atoms with Crippen molar-refractivity contribution >= 4 is 65.6 Å². The lowest BCUT2D eigenvalue weighted by molar-refractivity contribution is -0.137. The number of piperazine rings is 1. The average Bonchev–Trinajstić information content (AvgIpc) is 3.45. The minimum Gasteiger partial charge on any atom is -0.345 e. The molecule has 33 heavy (non-hydrogen) atoms. The molecular weight excluding hydrogens is 500 g/mol. The van der Waals surface area contributed by atoms with Gasteiger partial charge in [-0.15, -0.1) is 11.3 Å². The number of thiophene rings is 1. The zero-order valence-corrected chi connectivity index (χ0v) is 21.4. The summed E-state index contributed by atoms with van der Waals surface area (Å²) in [6.07, 6.45) is 1.10. The van der Waals surface area contributed by atoms with Gasteiger partial charge in [0.15, 0.2) is 5.13 Å². The van der Waals surface area contributed by atoms with Gasteiger partial charge in [-0.2, -0.15) is 4.31 Å². The second-order valence-corrected chi connectivity index (χ2v) is 13.4. The Kier molecular flexibility index (Phi) is 6.39. The number of rotatable bonds is 4. The normalized spacial score (nSPS) is 18.8. The second-order valence-electron chi connectivity index (χ2n) is 8.52. The van der Waals surface area contributed by atoms with Gasteiger partial charge in [0.1, 0.15) is 4.21 Å². The molecule has 0 N–H and O–H groups in total. The molecular formula is C22H25ClN4O3S3. The first-order chi connectivity index (χ1) is 15.8. The van der Waals surface area contributed by atoms with Crippen LogP contribution in [0.1, 0.15) is 18.4 Å². The van der Waals surface area contributed by atoms with Gasteiger partial charge in [-0.05, 0) is 49.6 Å². The number of hydrogen-bond donors (Lipinski definition) is 0. The molecule has 1 aromatic carbocycles. The molecule has 1 amide bonds. The number of halogens is 1. The van der Waals surface area contributed by atoms with Gasteiger partial charge in [0.25, 0.3) is 10.0 Å². The van der Waals surface area contributed by atoms with Crippen molar-refractivity contribution in [2.24, 2.45) is 5.92 Å². The first-order valence-corrected chi connectivity index (χ1v) is 14.4. The third-order valence-electron chi connectivity index (χ3n) is 6.34. The fourth-order valence-corrected chi connectivity index (χ4v) is 8.66. The van der Waals surface area contributed by atoms with Crippen LogP contribution in [0, 0.1) is 12.8 Å².